The van der Waals surface area contributed by atoms with Gasteiger partial charge in [-0.05, 0) is 30.5 Å². The Kier molecular flexibility index (Phi) is 6.83. The molecule has 0 bridgehead atoms. The van der Waals surface area contributed by atoms with Crippen molar-refractivity contribution in [3.8, 4) is 11.8 Å². The van der Waals surface area contributed by atoms with E-state index in [4.69, 9.17) is 5.11 Å². The first-order valence-corrected chi connectivity index (χ1v) is 7.07. The highest BCUT2D eigenvalue weighted by Gasteiger charge is 2.09. The van der Waals surface area contributed by atoms with Gasteiger partial charge in [-0.25, -0.2) is 0 Å². The summed E-state index contributed by atoms with van der Waals surface area (Å²) in [6.45, 7) is 6.18. The van der Waals surface area contributed by atoms with E-state index in [9.17, 15) is 4.79 Å². The fourth-order valence-electron chi connectivity index (χ4n) is 1.75. The van der Waals surface area contributed by atoms with E-state index in [0.29, 0.717) is 18.8 Å². The monoisotopic (exact) mass is 273 g/mol. The summed E-state index contributed by atoms with van der Waals surface area (Å²) in [6.07, 6.45) is 1.95. The molecule has 0 aliphatic rings. The van der Waals surface area contributed by atoms with Gasteiger partial charge in [-0.15, -0.1) is 0 Å². The minimum atomic E-state index is 0.0233. The van der Waals surface area contributed by atoms with Crippen LogP contribution in [0.15, 0.2) is 18.2 Å². The van der Waals surface area contributed by atoms with Crippen LogP contribution in [-0.2, 0) is 4.79 Å². The first-order chi connectivity index (χ1) is 9.56. The fourth-order valence-corrected chi connectivity index (χ4v) is 1.75. The zero-order valence-electron chi connectivity index (χ0n) is 12.5. The number of carbonyl (C=O) groups excluding carboxylic acids is 1. The normalized spacial score (nSPS) is 11.4. The molecule has 1 rings (SSSR count). The van der Waals surface area contributed by atoms with Crippen LogP contribution in [0.1, 0.15) is 44.2 Å². The first kappa shape index (κ1) is 16.3. The number of carbonyl (C=O) groups is 1. The van der Waals surface area contributed by atoms with Crippen molar-refractivity contribution in [2.24, 2.45) is 5.92 Å². The molecule has 1 unspecified atom stereocenters. The zero-order chi connectivity index (χ0) is 15.0. The lowest BCUT2D eigenvalue weighted by Gasteiger charge is -2.11. The SMILES string of the molecule is CCC(C)CC(=O)Nc1cc(C)ccc1C#CCCO. The predicted octanol–water partition coefficient (Wildman–Crippen LogP) is 3.10. The van der Waals surface area contributed by atoms with Crippen molar-refractivity contribution in [2.45, 2.75) is 40.0 Å². The number of aliphatic hydroxyl groups is 1. The summed E-state index contributed by atoms with van der Waals surface area (Å²) >= 11 is 0. The lowest BCUT2D eigenvalue weighted by atomic mass is 10.0. The standard InChI is InChI=1S/C17H23NO2/c1-4-13(2)12-17(20)18-16-11-14(3)8-9-15(16)7-5-6-10-19/h8-9,11,13,19H,4,6,10,12H2,1-3H3,(H,18,20). The van der Waals surface area contributed by atoms with Crippen LogP contribution < -0.4 is 5.32 Å². The highest BCUT2D eigenvalue weighted by atomic mass is 16.2. The molecule has 0 spiro atoms. The van der Waals surface area contributed by atoms with Crippen molar-refractivity contribution in [2.75, 3.05) is 11.9 Å². The molecular weight excluding hydrogens is 250 g/mol. The second-order valence-corrected chi connectivity index (χ2v) is 5.09. The van der Waals surface area contributed by atoms with Crippen molar-refractivity contribution in [3.63, 3.8) is 0 Å². The summed E-state index contributed by atoms with van der Waals surface area (Å²) in [5.74, 6) is 6.28. The van der Waals surface area contributed by atoms with Crippen LogP contribution in [-0.4, -0.2) is 17.6 Å². The minimum Gasteiger partial charge on any atom is -0.395 e. The van der Waals surface area contributed by atoms with E-state index in [-0.39, 0.29) is 12.5 Å². The minimum absolute atomic E-state index is 0.0233. The molecule has 20 heavy (non-hydrogen) atoms. The average molecular weight is 273 g/mol. The van der Waals surface area contributed by atoms with E-state index >= 15 is 0 Å². The quantitative estimate of drug-likeness (QED) is 0.810. The molecule has 2 N–H and O–H groups in total. The summed E-state index contributed by atoms with van der Waals surface area (Å²) in [5.41, 5.74) is 2.63. The van der Waals surface area contributed by atoms with Crippen molar-refractivity contribution in [3.05, 3.63) is 29.3 Å². The highest BCUT2D eigenvalue weighted by Crippen LogP contribution is 2.18. The number of nitrogens with one attached hydrogen (secondary N) is 1. The van der Waals surface area contributed by atoms with Gasteiger partial charge in [0.15, 0.2) is 0 Å². The second-order valence-electron chi connectivity index (χ2n) is 5.09. The third-order valence-electron chi connectivity index (χ3n) is 3.14. The third kappa shape index (κ3) is 5.46. The van der Waals surface area contributed by atoms with Gasteiger partial charge in [-0.3, -0.25) is 4.79 Å². The number of aliphatic hydroxyl groups excluding tert-OH is 1. The highest BCUT2D eigenvalue weighted by molar-refractivity contribution is 5.92. The van der Waals surface area contributed by atoms with Gasteiger partial charge in [-0.2, -0.15) is 0 Å². The number of rotatable bonds is 5. The molecule has 0 aliphatic carbocycles. The Morgan fingerprint density at radius 2 is 2.20 bits per heavy atom. The van der Waals surface area contributed by atoms with Crippen LogP contribution in [0.4, 0.5) is 5.69 Å². The molecule has 1 aromatic carbocycles. The van der Waals surface area contributed by atoms with Crippen molar-refractivity contribution in [1.82, 2.24) is 0 Å². The Balaban J connectivity index is 2.85. The van der Waals surface area contributed by atoms with E-state index < -0.39 is 0 Å². The third-order valence-corrected chi connectivity index (χ3v) is 3.14. The van der Waals surface area contributed by atoms with Gasteiger partial charge in [0.25, 0.3) is 0 Å². The molecule has 1 amide bonds. The van der Waals surface area contributed by atoms with Crippen molar-refractivity contribution < 1.29 is 9.90 Å². The zero-order valence-corrected chi connectivity index (χ0v) is 12.5. The Morgan fingerprint density at radius 1 is 1.45 bits per heavy atom. The Labute approximate surface area is 121 Å². The van der Waals surface area contributed by atoms with Crippen LogP contribution in [0.5, 0.6) is 0 Å². The molecule has 0 saturated carbocycles. The van der Waals surface area contributed by atoms with Gasteiger partial charge >= 0.3 is 0 Å². The molecule has 108 valence electrons. The number of anilines is 1. The number of hydrogen-bond acceptors (Lipinski definition) is 2. The van der Waals surface area contributed by atoms with Gasteiger partial charge in [0.1, 0.15) is 0 Å². The fraction of sp³-hybridized carbons (Fsp3) is 0.471. The summed E-state index contributed by atoms with van der Waals surface area (Å²) < 4.78 is 0. The van der Waals surface area contributed by atoms with E-state index in [2.05, 4.69) is 31.0 Å². The molecule has 0 heterocycles. The maximum absolute atomic E-state index is 12.0. The summed E-state index contributed by atoms with van der Waals surface area (Å²) in [6, 6.07) is 5.79. The van der Waals surface area contributed by atoms with Gasteiger partial charge in [0, 0.05) is 18.4 Å². The second kappa shape index (κ2) is 8.39. The maximum atomic E-state index is 12.0. The molecule has 0 saturated heterocycles. The molecule has 0 aromatic heterocycles. The number of amides is 1. The van der Waals surface area contributed by atoms with Gasteiger partial charge in [0.05, 0.1) is 12.3 Å². The van der Waals surface area contributed by atoms with E-state index in [1.807, 2.05) is 25.1 Å². The van der Waals surface area contributed by atoms with Crippen molar-refractivity contribution >= 4 is 11.6 Å². The van der Waals surface area contributed by atoms with E-state index in [1.165, 1.54) is 0 Å². The lowest BCUT2D eigenvalue weighted by Crippen LogP contribution is -2.15. The Hall–Kier alpha value is -1.79. The Bertz CT molecular complexity index is 511. The topological polar surface area (TPSA) is 49.3 Å². The lowest BCUT2D eigenvalue weighted by molar-refractivity contribution is -0.117. The molecule has 3 heteroatoms. The van der Waals surface area contributed by atoms with Gasteiger partial charge < -0.3 is 10.4 Å². The van der Waals surface area contributed by atoms with Crippen LogP contribution in [0.3, 0.4) is 0 Å². The first-order valence-electron chi connectivity index (χ1n) is 7.07. The van der Waals surface area contributed by atoms with E-state index in [1.54, 1.807) is 0 Å². The van der Waals surface area contributed by atoms with Crippen LogP contribution in [0.2, 0.25) is 0 Å². The predicted molar refractivity (Wildman–Crippen MR) is 82.5 cm³/mol. The molecule has 0 radical (unpaired) electrons. The summed E-state index contributed by atoms with van der Waals surface area (Å²) in [4.78, 5) is 12.0. The summed E-state index contributed by atoms with van der Waals surface area (Å²) in [7, 11) is 0. The Morgan fingerprint density at radius 3 is 2.85 bits per heavy atom. The van der Waals surface area contributed by atoms with Crippen LogP contribution in [0, 0.1) is 24.7 Å². The molecule has 1 aromatic rings. The molecular formula is C17H23NO2. The summed E-state index contributed by atoms with van der Waals surface area (Å²) in [5, 5.41) is 11.7. The number of hydrogen-bond donors (Lipinski definition) is 2. The van der Waals surface area contributed by atoms with E-state index in [0.717, 1.165) is 23.2 Å². The number of aryl methyl sites for hydroxylation is 1. The van der Waals surface area contributed by atoms with Crippen LogP contribution in [0.25, 0.3) is 0 Å². The average Bonchev–Trinajstić information content (AvgIpc) is 2.41. The molecule has 3 nitrogen and oxygen atoms in total. The molecule has 0 fully saturated rings. The maximum Gasteiger partial charge on any atom is 0.224 e. The molecule has 1 atom stereocenters. The van der Waals surface area contributed by atoms with Crippen LogP contribution >= 0.6 is 0 Å². The van der Waals surface area contributed by atoms with Gasteiger partial charge in [0.2, 0.25) is 5.91 Å². The van der Waals surface area contributed by atoms with Gasteiger partial charge in [-0.1, -0.05) is 38.2 Å². The largest absolute Gasteiger partial charge is 0.395 e. The number of benzene rings is 1. The smallest absolute Gasteiger partial charge is 0.224 e. The molecule has 0 aliphatic heterocycles. The van der Waals surface area contributed by atoms with Crippen molar-refractivity contribution in [1.29, 1.82) is 0 Å².